The molecule has 1 aliphatic heterocycles. The molecule has 3 heterocycles. The average molecular weight is 346 g/mol. The van der Waals surface area contributed by atoms with Crippen molar-refractivity contribution in [1.82, 2.24) is 30.6 Å². The van der Waals surface area contributed by atoms with E-state index in [-0.39, 0.29) is 12.5 Å². The number of aromatic nitrogens is 4. The Bertz CT molecular complexity index is 721. The highest BCUT2D eigenvalue weighted by Crippen LogP contribution is 2.26. The second-order valence-corrected chi connectivity index (χ2v) is 6.63. The molecule has 0 unspecified atom stereocenters. The summed E-state index contributed by atoms with van der Waals surface area (Å²) >= 11 is 0. The van der Waals surface area contributed by atoms with Gasteiger partial charge in [0.15, 0.2) is 5.69 Å². The van der Waals surface area contributed by atoms with Gasteiger partial charge in [-0.25, -0.2) is 4.39 Å². The number of likely N-dealkylation sites (tertiary alicyclic amines) is 1. The van der Waals surface area contributed by atoms with E-state index in [0.717, 1.165) is 11.3 Å². The first-order chi connectivity index (χ1) is 12.0. The number of H-pyrrole nitrogens is 1. The van der Waals surface area contributed by atoms with E-state index in [1.165, 1.54) is 0 Å². The number of nitrogens with zero attached hydrogens (tertiary/aromatic N) is 4. The first kappa shape index (κ1) is 17.5. The highest BCUT2D eigenvalue weighted by molar-refractivity contribution is 5.93. The van der Waals surface area contributed by atoms with Gasteiger partial charge in [0.25, 0.3) is 5.91 Å². The summed E-state index contributed by atoms with van der Waals surface area (Å²) in [6.07, 6.45) is 2.42. The van der Waals surface area contributed by atoms with Crippen LogP contribution in [-0.4, -0.2) is 56.5 Å². The van der Waals surface area contributed by atoms with Crippen LogP contribution in [0.5, 0.6) is 0 Å². The van der Waals surface area contributed by atoms with E-state index in [2.05, 4.69) is 25.7 Å². The molecule has 1 fully saturated rings. The summed E-state index contributed by atoms with van der Waals surface area (Å²) in [5, 5.41) is 13.3. The fraction of sp³-hybridized carbons (Fsp3) is 0.529. The molecule has 0 bridgehead atoms. The lowest BCUT2D eigenvalue weighted by Crippen LogP contribution is -2.49. The van der Waals surface area contributed by atoms with Crippen molar-refractivity contribution in [2.75, 3.05) is 19.6 Å². The second kappa shape index (κ2) is 7.26. The van der Waals surface area contributed by atoms with Crippen LogP contribution in [0, 0.1) is 13.8 Å². The fourth-order valence-corrected chi connectivity index (χ4v) is 2.94. The number of pyridine rings is 1. The van der Waals surface area contributed by atoms with Crippen LogP contribution in [0.4, 0.5) is 4.39 Å². The Balaban J connectivity index is 1.48. The van der Waals surface area contributed by atoms with E-state index in [0.29, 0.717) is 43.9 Å². The molecule has 25 heavy (non-hydrogen) atoms. The molecule has 2 N–H and O–H groups in total. The number of nitrogens with one attached hydrogen (secondary N) is 2. The third-order valence-corrected chi connectivity index (χ3v) is 4.59. The summed E-state index contributed by atoms with van der Waals surface area (Å²) in [6.45, 7) is 5.26. The number of rotatable bonds is 5. The summed E-state index contributed by atoms with van der Waals surface area (Å²) in [6, 6.07) is 3.93. The number of aryl methyl sites for hydroxylation is 2. The lowest BCUT2D eigenvalue weighted by molar-refractivity contribution is 0.0429. The molecule has 0 aromatic carbocycles. The van der Waals surface area contributed by atoms with Gasteiger partial charge in [0.1, 0.15) is 5.67 Å². The van der Waals surface area contributed by atoms with Gasteiger partial charge >= 0.3 is 0 Å². The van der Waals surface area contributed by atoms with Crippen molar-refractivity contribution >= 4 is 5.91 Å². The van der Waals surface area contributed by atoms with E-state index in [9.17, 15) is 9.18 Å². The van der Waals surface area contributed by atoms with E-state index < -0.39 is 5.67 Å². The number of amides is 1. The molecular weight excluding hydrogens is 323 g/mol. The van der Waals surface area contributed by atoms with Crippen molar-refractivity contribution in [2.45, 2.75) is 38.9 Å². The molecule has 0 saturated carbocycles. The Morgan fingerprint density at radius 3 is 2.68 bits per heavy atom. The summed E-state index contributed by atoms with van der Waals surface area (Å²) < 4.78 is 14.9. The van der Waals surface area contributed by atoms with Crippen molar-refractivity contribution in [2.24, 2.45) is 0 Å². The number of carbonyl (C=O) groups excluding carboxylic acids is 1. The molecule has 2 aromatic rings. The van der Waals surface area contributed by atoms with E-state index in [1.54, 1.807) is 18.0 Å². The summed E-state index contributed by atoms with van der Waals surface area (Å²) in [5.41, 5.74) is 1.57. The van der Waals surface area contributed by atoms with Crippen molar-refractivity contribution in [3.63, 3.8) is 0 Å². The van der Waals surface area contributed by atoms with Crippen LogP contribution in [-0.2, 0) is 6.54 Å². The van der Waals surface area contributed by atoms with Crippen LogP contribution in [0.25, 0.3) is 0 Å². The molecule has 7 nitrogen and oxygen atoms in total. The van der Waals surface area contributed by atoms with Gasteiger partial charge in [-0.2, -0.15) is 15.4 Å². The van der Waals surface area contributed by atoms with Gasteiger partial charge in [-0.05, 0) is 25.5 Å². The maximum absolute atomic E-state index is 14.9. The van der Waals surface area contributed by atoms with Gasteiger partial charge in [0.05, 0.1) is 11.4 Å². The molecule has 3 rings (SSSR count). The maximum atomic E-state index is 14.9. The molecule has 2 aromatic heterocycles. The highest BCUT2D eigenvalue weighted by atomic mass is 19.1. The van der Waals surface area contributed by atoms with Gasteiger partial charge in [0.2, 0.25) is 0 Å². The monoisotopic (exact) mass is 346 g/mol. The van der Waals surface area contributed by atoms with Crippen LogP contribution in [0.2, 0.25) is 0 Å². The van der Waals surface area contributed by atoms with E-state index >= 15 is 0 Å². The van der Waals surface area contributed by atoms with Crippen LogP contribution >= 0.6 is 0 Å². The van der Waals surface area contributed by atoms with Crippen LogP contribution in [0.15, 0.2) is 18.3 Å². The molecule has 0 atom stereocenters. The average Bonchev–Trinajstić information content (AvgIpc) is 3.03. The Hall–Kier alpha value is -2.35. The number of hydrogen-bond acceptors (Lipinski definition) is 5. The van der Waals surface area contributed by atoms with Gasteiger partial charge in [0, 0.05) is 45.2 Å². The molecule has 0 spiro atoms. The van der Waals surface area contributed by atoms with Crippen molar-refractivity contribution in [1.29, 1.82) is 0 Å². The summed E-state index contributed by atoms with van der Waals surface area (Å²) in [7, 11) is 0. The van der Waals surface area contributed by atoms with Crippen molar-refractivity contribution in [3.8, 4) is 0 Å². The molecule has 0 aliphatic carbocycles. The lowest BCUT2D eigenvalue weighted by atomic mass is 9.93. The number of aromatic amines is 1. The minimum Gasteiger partial charge on any atom is -0.337 e. The summed E-state index contributed by atoms with van der Waals surface area (Å²) in [4.78, 5) is 18.3. The number of halogens is 1. The zero-order valence-corrected chi connectivity index (χ0v) is 14.5. The quantitative estimate of drug-likeness (QED) is 0.858. The molecule has 8 heteroatoms. The number of alkyl halides is 1. The van der Waals surface area contributed by atoms with Gasteiger partial charge < -0.3 is 10.2 Å². The SMILES string of the molecule is Cc1ccc(CNCC2(F)CCN(C(=O)c3n[nH]nc3C)CC2)nc1. The van der Waals surface area contributed by atoms with Gasteiger partial charge in [-0.15, -0.1) is 0 Å². The Morgan fingerprint density at radius 2 is 2.08 bits per heavy atom. The Kier molecular flexibility index (Phi) is 5.08. The predicted molar refractivity (Wildman–Crippen MR) is 90.8 cm³/mol. The maximum Gasteiger partial charge on any atom is 0.276 e. The topological polar surface area (TPSA) is 86.8 Å². The third kappa shape index (κ3) is 4.19. The van der Waals surface area contributed by atoms with Gasteiger partial charge in [-0.3, -0.25) is 9.78 Å². The smallest absolute Gasteiger partial charge is 0.276 e. The molecule has 0 radical (unpaired) electrons. The minimum atomic E-state index is -1.31. The minimum absolute atomic E-state index is 0.190. The molecule has 1 aliphatic rings. The Morgan fingerprint density at radius 1 is 1.32 bits per heavy atom. The highest BCUT2D eigenvalue weighted by Gasteiger charge is 2.36. The van der Waals surface area contributed by atoms with Crippen LogP contribution in [0.3, 0.4) is 0 Å². The normalized spacial score (nSPS) is 16.8. The van der Waals surface area contributed by atoms with E-state index in [4.69, 9.17) is 0 Å². The lowest BCUT2D eigenvalue weighted by Gasteiger charge is -2.36. The largest absolute Gasteiger partial charge is 0.337 e. The predicted octanol–water partition coefficient (Wildman–Crippen LogP) is 1.55. The number of piperidine rings is 1. The van der Waals surface area contributed by atoms with Crippen LogP contribution < -0.4 is 5.32 Å². The standard InChI is InChI=1S/C17H23FN6O/c1-12-3-4-14(20-9-12)10-19-11-17(18)5-7-24(8-6-17)16(25)15-13(2)21-23-22-15/h3-4,9,19H,5-8,10-11H2,1-2H3,(H,21,22,23). The third-order valence-electron chi connectivity index (χ3n) is 4.59. The second-order valence-electron chi connectivity index (χ2n) is 6.63. The van der Waals surface area contributed by atoms with Crippen molar-refractivity contribution < 1.29 is 9.18 Å². The molecule has 1 saturated heterocycles. The fourth-order valence-electron chi connectivity index (χ4n) is 2.94. The zero-order chi connectivity index (χ0) is 17.9. The van der Waals surface area contributed by atoms with Crippen molar-refractivity contribution in [3.05, 3.63) is 41.0 Å². The molecule has 1 amide bonds. The van der Waals surface area contributed by atoms with Crippen LogP contribution in [0.1, 0.15) is 40.3 Å². The van der Waals surface area contributed by atoms with Gasteiger partial charge in [-0.1, -0.05) is 6.07 Å². The van der Waals surface area contributed by atoms with E-state index in [1.807, 2.05) is 19.1 Å². The molecular formula is C17H23FN6O. The first-order valence-electron chi connectivity index (χ1n) is 8.45. The Labute approximate surface area is 146 Å². The summed E-state index contributed by atoms with van der Waals surface area (Å²) in [5.74, 6) is -0.190. The molecule has 134 valence electrons. The number of hydrogen-bond donors (Lipinski definition) is 2. The first-order valence-corrected chi connectivity index (χ1v) is 8.45. The zero-order valence-electron chi connectivity index (χ0n) is 14.5. The number of carbonyl (C=O) groups is 1.